The summed E-state index contributed by atoms with van der Waals surface area (Å²) in [5.41, 5.74) is 0.0790. The van der Waals surface area contributed by atoms with Crippen molar-refractivity contribution in [2.75, 3.05) is 6.54 Å². The first-order chi connectivity index (χ1) is 11.6. The average molecular weight is 330 g/mol. The van der Waals surface area contributed by atoms with Crippen LogP contribution < -0.4 is 5.32 Å². The lowest BCUT2D eigenvalue weighted by molar-refractivity contribution is -0.132. The lowest BCUT2D eigenvalue weighted by Crippen LogP contribution is -2.60. The smallest absolute Gasteiger partial charge is 0.225 e. The minimum atomic E-state index is -0.105. The molecule has 0 spiro atoms. The zero-order valence-corrected chi connectivity index (χ0v) is 14.6. The molecular weight excluding hydrogens is 300 g/mol. The molecule has 132 valence electrons. The molecular formula is C20H30N2O2. The lowest BCUT2D eigenvalue weighted by Gasteiger charge is -2.57. The fourth-order valence-corrected chi connectivity index (χ4v) is 7.10. The number of nitrogens with zero attached hydrogens (tertiary/aromatic N) is 1. The van der Waals surface area contributed by atoms with Crippen LogP contribution in [0.5, 0.6) is 0 Å². The molecule has 1 atom stereocenters. The Labute approximate surface area is 144 Å². The molecule has 4 nitrogen and oxygen atoms in total. The number of likely N-dealkylation sites (tertiary alicyclic amines) is 1. The fraction of sp³-hybridized carbons (Fsp3) is 0.900. The predicted molar refractivity (Wildman–Crippen MR) is 91.1 cm³/mol. The minimum absolute atomic E-state index is 0.0790. The van der Waals surface area contributed by atoms with Crippen LogP contribution >= 0.6 is 0 Å². The van der Waals surface area contributed by atoms with Gasteiger partial charge < -0.3 is 10.2 Å². The molecule has 1 heterocycles. The van der Waals surface area contributed by atoms with Crippen LogP contribution in [-0.2, 0) is 9.59 Å². The second kappa shape index (κ2) is 5.47. The molecule has 0 aromatic carbocycles. The largest absolute Gasteiger partial charge is 0.350 e. The maximum atomic E-state index is 12.9. The van der Waals surface area contributed by atoms with Crippen molar-refractivity contribution >= 4 is 11.8 Å². The molecule has 2 amide bonds. The van der Waals surface area contributed by atoms with E-state index in [1.807, 2.05) is 4.90 Å². The number of hydrogen-bond donors (Lipinski definition) is 1. The van der Waals surface area contributed by atoms with Crippen molar-refractivity contribution in [3.05, 3.63) is 0 Å². The van der Waals surface area contributed by atoms with Gasteiger partial charge in [-0.1, -0.05) is 12.8 Å². The molecule has 5 aliphatic carbocycles. The van der Waals surface area contributed by atoms with E-state index in [9.17, 15) is 9.59 Å². The van der Waals surface area contributed by atoms with Crippen LogP contribution in [0.1, 0.15) is 70.6 Å². The molecule has 0 radical (unpaired) electrons. The van der Waals surface area contributed by atoms with Crippen molar-refractivity contribution in [3.63, 3.8) is 0 Å². The van der Waals surface area contributed by atoms with Crippen LogP contribution in [-0.4, -0.2) is 34.8 Å². The Balaban J connectivity index is 1.25. The van der Waals surface area contributed by atoms with Gasteiger partial charge in [-0.15, -0.1) is 0 Å². The van der Waals surface area contributed by atoms with Gasteiger partial charge in [0.15, 0.2) is 0 Å². The zero-order chi connectivity index (χ0) is 16.3. The van der Waals surface area contributed by atoms with Crippen LogP contribution in [0.2, 0.25) is 0 Å². The van der Waals surface area contributed by atoms with E-state index in [0.717, 1.165) is 30.6 Å². The zero-order valence-electron chi connectivity index (χ0n) is 14.6. The van der Waals surface area contributed by atoms with Gasteiger partial charge in [0, 0.05) is 24.5 Å². The summed E-state index contributed by atoms with van der Waals surface area (Å²) in [7, 11) is 0. The van der Waals surface area contributed by atoms with Gasteiger partial charge in [0.1, 0.15) is 0 Å². The number of carbonyl (C=O) groups excluding carboxylic acids is 2. The van der Waals surface area contributed by atoms with E-state index < -0.39 is 0 Å². The Morgan fingerprint density at radius 3 is 2.17 bits per heavy atom. The van der Waals surface area contributed by atoms with E-state index in [2.05, 4.69) is 5.32 Å². The van der Waals surface area contributed by atoms with Gasteiger partial charge in [0.2, 0.25) is 11.8 Å². The van der Waals surface area contributed by atoms with E-state index in [1.165, 1.54) is 51.4 Å². The molecule has 5 saturated carbocycles. The molecule has 0 unspecified atom stereocenters. The summed E-state index contributed by atoms with van der Waals surface area (Å²) in [5.74, 6) is 2.81. The Kier molecular flexibility index (Phi) is 3.47. The SMILES string of the molecule is O=C(NC12CC3CC(CC(C3)C1)C2)[C@H]1CC(=O)N(C2CCCC2)C1. The molecule has 0 aromatic rings. The summed E-state index contributed by atoms with van der Waals surface area (Å²) >= 11 is 0. The Bertz CT molecular complexity index is 517. The number of nitrogens with one attached hydrogen (secondary N) is 1. The lowest BCUT2D eigenvalue weighted by atomic mass is 9.53. The van der Waals surface area contributed by atoms with E-state index in [4.69, 9.17) is 0 Å². The highest BCUT2D eigenvalue weighted by molar-refractivity contribution is 5.89. The first kappa shape index (κ1) is 15.2. The second-order valence-electron chi connectivity index (χ2n) is 9.57. The molecule has 0 aromatic heterocycles. The predicted octanol–water partition coefficient (Wildman–Crippen LogP) is 2.86. The number of carbonyl (C=O) groups is 2. The summed E-state index contributed by atoms with van der Waals surface area (Å²) in [6, 6.07) is 0.412. The third kappa shape index (κ3) is 2.48. The van der Waals surface area contributed by atoms with Crippen molar-refractivity contribution in [3.8, 4) is 0 Å². The maximum absolute atomic E-state index is 12.9. The van der Waals surface area contributed by atoms with Crippen molar-refractivity contribution in [2.24, 2.45) is 23.7 Å². The van der Waals surface area contributed by atoms with Crippen LogP contribution in [0.4, 0.5) is 0 Å². The second-order valence-corrected chi connectivity index (χ2v) is 9.57. The van der Waals surface area contributed by atoms with Crippen LogP contribution in [0, 0.1) is 23.7 Å². The molecule has 1 aliphatic heterocycles. The normalized spacial score (nSPS) is 44.5. The van der Waals surface area contributed by atoms with Crippen LogP contribution in [0.3, 0.4) is 0 Å². The Hall–Kier alpha value is -1.06. The number of rotatable bonds is 3. The van der Waals surface area contributed by atoms with E-state index >= 15 is 0 Å². The van der Waals surface area contributed by atoms with Crippen molar-refractivity contribution in [1.82, 2.24) is 10.2 Å². The Morgan fingerprint density at radius 1 is 1.00 bits per heavy atom. The summed E-state index contributed by atoms with van der Waals surface area (Å²) in [6.45, 7) is 0.668. The molecule has 1 N–H and O–H groups in total. The molecule has 6 aliphatic rings. The number of hydrogen-bond acceptors (Lipinski definition) is 2. The van der Waals surface area contributed by atoms with Gasteiger partial charge in [-0.3, -0.25) is 9.59 Å². The van der Waals surface area contributed by atoms with Gasteiger partial charge in [0.25, 0.3) is 0 Å². The summed E-state index contributed by atoms with van der Waals surface area (Å²) in [6.07, 6.45) is 12.9. The highest BCUT2D eigenvalue weighted by Crippen LogP contribution is 2.55. The van der Waals surface area contributed by atoms with Gasteiger partial charge in [0.05, 0.1) is 5.92 Å². The van der Waals surface area contributed by atoms with E-state index in [-0.39, 0.29) is 23.3 Å². The van der Waals surface area contributed by atoms with Crippen molar-refractivity contribution in [2.45, 2.75) is 82.2 Å². The third-order valence-corrected chi connectivity index (χ3v) is 7.72. The number of amides is 2. The van der Waals surface area contributed by atoms with Crippen LogP contribution in [0.25, 0.3) is 0 Å². The van der Waals surface area contributed by atoms with Crippen molar-refractivity contribution in [1.29, 1.82) is 0 Å². The molecule has 4 bridgehead atoms. The maximum Gasteiger partial charge on any atom is 0.225 e. The van der Waals surface area contributed by atoms with Crippen molar-refractivity contribution < 1.29 is 9.59 Å². The highest BCUT2D eigenvalue weighted by atomic mass is 16.2. The molecule has 4 heteroatoms. The first-order valence-corrected chi connectivity index (χ1v) is 10.2. The van der Waals surface area contributed by atoms with Gasteiger partial charge >= 0.3 is 0 Å². The molecule has 6 rings (SSSR count). The fourth-order valence-electron chi connectivity index (χ4n) is 7.10. The summed E-state index contributed by atoms with van der Waals surface area (Å²) < 4.78 is 0. The standard InChI is InChI=1S/C20H30N2O2/c23-18-8-16(12-22(18)17-3-1-2-4-17)19(24)21-20-9-13-5-14(10-20)7-15(6-13)11-20/h13-17H,1-12H2,(H,21,24)/t13?,14?,15?,16-,20?/m0/s1. The topological polar surface area (TPSA) is 49.4 Å². The first-order valence-electron chi connectivity index (χ1n) is 10.2. The third-order valence-electron chi connectivity index (χ3n) is 7.72. The van der Waals surface area contributed by atoms with Gasteiger partial charge in [-0.05, 0) is 69.1 Å². The highest BCUT2D eigenvalue weighted by Gasteiger charge is 2.52. The molecule has 1 saturated heterocycles. The van der Waals surface area contributed by atoms with Gasteiger partial charge in [-0.25, -0.2) is 0 Å². The van der Waals surface area contributed by atoms with E-state index in [0.29, 0.717) is 19.0 Å². The summed E-state index contributed by atoms with van der Waals surface area (Å²) in [4.78, 5) is 27.4. The van der Waals surface area contributed by atoms with Gasteiger partial charge in [-0.2, -0.15) is 0 Å². The van der Waals surface area contributed by atoms with E-state index in [1.54, 1.807) is 0 Å². The quantitative estimate of drug-likeness (QED) is 0.865. The monoisotopic (exact) mass is 330 g/mol. The minimum Gasteiger partial charge on any atom is -0.350 e. The molecule has 6 fully saturated rings. The molecule has 24 heavy (non-hydrogen) atoms. The van der Waals surface area contributed by atoms with Crippen LogP contribution in [0.15, 0.2) is 0 Å². The Morgan fingerprint density at radius 2 is 1.58 bits per heavy atom. The average Bonchev–Trinajstić information content (AvgIpc) is 3.14. The summed E-state index contributed by atoms with van der Waals surface area (Å²) in [5, 5.41) is 3.48.